The monoisotopic (exact) mass is 301 g/mol. The molecule has 1 aromatic heterocycles. The van der Waals surface area contributed by atoms with Crippen LogP contribution in [0, 0.1) is 0 Å². The lowest BCUT2D eigenvalue weighted by atomic mass is 10.00. The molecule has 4 nitrogen and oxygen atoms in total. The molecule has 19 heavy (non-hydrogen) atoms. The molecule has 6 heteroatoms. The Bertz CT molecular complexity index is 427. The Morgan fingerprint density at radius 3 is 2.79 bits per heavy atom. The molecule has 0 radical (unpaired) electrons. The second kappa shape index (κ2) is 6.68. The maximum absolute atomic E-state index is 12.1. The Morgan fingerprint density at radius 1 is 1.53 bits per heavy atom. The van der Waals surface area contributed by atoms with Gasteiger partial charge in [0.1, 0.15) is 5.01 Å². The minimum absolute atomic E-state index is 0.0103. The number of aromatic nitrogens is 1. The van der Waals surface area contributed by atoms with E-state index in [9.17, 15) is 4.79 Å². The number of hydrogen-bond acceptors (Lipinski definition) is 4. The van der Waals surface area contributed by atoms with Crippen molar-refractivity contribution in [3.63, 3.8) is 0 Å². The number of thiazole rings is 1. The Kier molecular flexibility index (Phi) is 5.19. The van der Waals surface area contributed by atoms with Gasteiger partial charge in [-0.3, -0.25) is 10.2 Å². The second-order valence-electron chi connectivity index (χ2n) is 5.11. The zero-order valence-corrected chi connectivity index (χ0v) is 12.9. The van der Waals surface area contributed by atoms with Gasteiger partial charge in [-0.15, -0.1) is 22.9 Å². The summed E-state index contributed by atoms with van der Waals surface area (Å²) in [7, 11) is 0. The minimum Gasteiger partial charge on any atom is -0.288 e. The largest absolute Gasteiger partial charge is 0.288 e. The van der Waals surface area contributed by atoms with Crippen LogP contribution in [0.4, 0.5) is 0 Å². The van der Waals surface area contributed by atoms with Crippen molar-refractivity contribution in [2.24, 2.45) is 0 Å². The van der Waals surface area contributed by atoms with Crippen LogP contribution in [0.1, 0.15) is 43.8 Å². The Labute approximate surface area is 123 Å². The van der Waals surface area contributed by atoms with Crippen LogP contribution in [0.25, 0.3) is 0 Å². The number of piperidine rings is 1. The quantitative estimate of drug-likeness (QED) is 0.870. The number of amides is 1. The Hall–Kier alpha value is -0.650. The first-order valence-corrected chi connectivity index (χ1v) is 8.08. The van der Waals surface area contributed by atoms with E-state index in [-0.39, 0.29) is 5.91 Å². The normalized spacial score (nSPS) is 24.4. The van der Waals surface area contributed by atoms with Crippen molar-refractivity contribution in [1.29, 1.82) is 0 Å². The van der Waals surface area contributed by atoms with Gasteiger partial charge in [0, 0.05) is 17.5 Å². The van der Waals surface area contributed by atoms with E-state index in [1.165, 1.54) is 17.8 Å². The van der Waals surface area contributed by atoms with Crippen LogP contribution in [0.5, 0.6) is 0 Å². The highest BCUT2D eigenvalue weighted by Gasteiger charge is 2.26. The van der Waals surface area contributed by atoms with Crippen molar-refractivity contribution < 1.29 is 4.79 Å². The van der Waals surface area contributed by atoms with Gasteiger partial charge in [0.05, 0.1) is 18.0 Å². The third-order valence-electron chi connectivity index (χ3n) is 3.50. The molecule has 1 aliphatic heterocycles. The molecule has 106 valence electrons. The summed E-state index contributed by atoms with van der Waals surface area (Å²) in [6.07, 6.45) is 3.84. The number of halogens is 1. The lowest BCUT2D eigenvalue weighted by molar-refractivity contribution is -0.128. The van der Waals surface area contributed by atoms with Gasteiger partial charge in [0.15, 0.2) is 0 Å². The average molecular weight is 302 g/mol. The van der Waals surface area contributed by atoms with E-state index in [1.54, 1.807) is 0 Å². The van der Waals surface area contributed by atoms with Crippen LogP contribution < -0.4 is 5.43 Å². The topological polar surface area (TPSA) is 45.2 Å². The van der Waals surface area contributed by atoms with Crippen molar-refractivity contribution in [2.75, 3.05) is 0 Å². The fourth-order valence-electron chi connectivity index (χ4n) is 2.45. The Morgan fingerprint density at radius 2 is 2.21 bits per heavy atom. The first kappa shape index (κ1) is 14.8. The summed E-state index contributed by atoms with van der Waals surface area (Å²) in [6.45, 7) is 4.32. The summed E-state index contributed by atoms with van der Waals surface area (Å²) in [5, 5.41) is 4.81. The second-order valence-corrected chi connectivity index (χ2v) is 6.32. The molecule has 1 aliphatic rings. The van der Waals surface area contributed by atoms with Crippen molar-refractivity contribution in [3.8, 4) is 0 Å². The summed E-state index contributed by atoms with van der Waals surface area (Å²) in [5.41, 5.74) is 3.86. The highest BCUT2D eigenvalue weighted by atomic mass is 35.5. The molecule has 1 saturated heterocycles. The van der Waals surface area contributed by atoms with Gasteiger partial charge < -0.3 is 0 Å². The van der Waals surface area contributed by atoms with Gasteiger partial charge in [0.2, 0.25) is 5.91 Å². The highest BCUT2D eigenvalue weighted by molar-refractivity contribution is 7.09. The number of rotatable bonds is 4. The number of carbonyl (C=O) groups excluding carboxylic acids is 1. The van der Waals surface area contributed by atoms with Crippen LogP contribution in [-0.2, 0) is 17.1 Å². The zero-order valence-electron chi connectivity index (χ0n) is 11.4. The molecule has 2 heterocycles. The van der Waals surface area contributed by atoms with Crippen molar-refractivity contribution >= 4 is 28.8 Å². The van der Waals surface area contributed by atoms with Crippen LogP contribution in [-0.4, -0.2) is 28.0 Å². The zero-order chi connectivity index (χ0) is 13.8. The van der Waals surface area contributed by atoms with Crippen LogP contribution >= 0.6 is 22.9 Å². The molecule has 2 rings (SSSR count). The number of hydrogen-bond donors (Lipinski definition) is 1. The smallest absolute Gasteiger partial charge is 0.241 e. The minimum atomic E-state index is 0.0103. The maximum Gasteiger partial charge on any atom is 0.241 e. The molecule has 0 spiro atoms. The number of alkyl halides is 1. The van der Waals surface area contributed by atoms with Gasteiger partial charge in [0.25, 0.3) is 0 Å². The van der Waals surface area contributed by atoms with Crippen molar-refractivity contribution in [3.05, 3.63) is 16.1 Å². The Balaban J connectivity index is 1.89. The lowest BCUT2D eigenvalue weighted by Gasteiger charge is -2.38. The molecular weight excluding hydrogens is 282 g/mol. The SMILES string of the molecule is CC1CCCC(C)N1NC(=O)Cc1nc(CCl)cs1. The number of nitrogens with zero attached hydrogens (tertiary/aromatic N) is 2. The molecular formula is C13H20ClN3OS. The molecule has 0 aromatic carbocycles. The first-order chi connectivity index (χ1) is 9.10. The summed E-state index contributed by atoms with van der Waals surface area (Å²) in [6, 6.07) is 0.810. The number of carbonyl (C=O) groups is 1. The maximum atomic E-state index is 12.1. The van der Waals surface area contributed by atoms with Gasteiger partial charge in [-0.05, 0) is 26.7 Å². The molecule has 1 aromatic rings. The summed E-state index contributed by atoms with van der Waals surface area (Å²) in [5.74, 6) is 0.411. The third kappa shape index (κ3) is 3.91. The summed E-state index contributed by atoms with van der Waals surface area (Å²) >= 11 is 7.20. The van der Waals surface area contributed by atoms with Gasteiger partial charge in [-0.25, -0.2) is 9.99 Å². The van der Waals surface area contributed by atoms with Gasteiger partial charge >= 0.3 is 0 Å². The molecule has 1 fully saturated rings. The van der Waals surface area contributed by atoms with E-state index in [4.69, 9.17) is 11.6 Å². The van der Waals surface area contributed by atoms with E-state index in [1.807, 2.05) is 5.38 Å². The first-order valence-electron chi connectivity index (χ1n) is 6.67. The van der Waals surface area contributed by atoms with Crippen molar-refractivity contribution in [2.45, 2.75) is 57.5 Å². The number of nitrogens with one attached hydrogen (secondary N) is 1. The van der Waals surface area contributed by atoms with E-state index in [0.29, 0.717) is 24.4 Å². The fourth-order valence-corrected chi connectivity index (χ4v) is 3.47. The molecule has 0 aliphatic carbocycles. The standard InChI is InChI=1S/C13H20ClN3OS/c1-9-4-3-5-10(2)17(9)16-12(18)6-13-15-11(7-14)8-19-13/h8-10H,3-7H2,1-2H3,(H,16,18). The number of hydrazine groups is 1. The summed E-state index contributed by atoms with van der Waals surface area (Å²) in [4.78, 5) is 16.4. The van der Waals surface area contributed by atoms with Crippen LogP contribution in [0.3, 0.4) is 0 Å². The molecule has 1 N–H and O–H groups in total. The molecule has 1 amide bonds. The molecule has 2 atom stereocenters. The van der Waals surface area contributed by atoms with Gasteiger partial charge in [-0.2, -0.15) is 0 Å². The van der Waals surface area contributed by atoms with Crippen LogP contribution in [0.2, 0.25) is 0 Å². The third-order valence-corrected chi connectivity index (χ3v) is 4.67. The van der Waals surface area contributed by atoms with E-state index >= 15 is 0 Å². The molecule has 0 bridgehead atoms. The van der Waals surface area contributed by atoms with Gasteiger partial charge in [-0.1, -0.05) is 6.42 Å². The highest BCUT2D eigenvalue weighted by Crippen LogP contribution is 2.20. The van der Waals surface area contributed by atoms with Crippen molar-refractivity contribution in [1.82, 2.24) is 15.4 Å². The average Bonchev–Trinajstić information content (AvgIpc) is 2.81. The van der Waals surface area contributed by atoms with E-state index < -0.39 is 0 Å². The van der Waals surface area contributed by atoms with E-state index in [0.717, 1.165) is 23.5 Å². The predicted octanol–water partition coefficient (Wildman–Crippen LogP) is 2.72. The lowest BCUT2D eigenvalue weighted by Crippen LogP contribution is -2.54. The molecule has 2 unspecified atom stereocenters. The predicted molar refractivity (Wildman–Crippen MR) is 78.1 cm³/mol. The summed E-state index contributed by atoms with van der Waals surface area (Å²) < 4.78 is 0. The fraction of sp³-hybridized carbons (Fsp3) is 0.692. The molecule has 0 saturated carbocycles. The van der Waals surface area contributed by atoms with E-state index in [2.05, 4.69) is 29.3 Å². The van der Waals surface area contributed by atoms with Crippen LogP contribution in [0.15, 0.2) is 5.38 Å².